The maximum absolute atomic E-state index is 12.6. The molecule has 29 heavy (non-hydrogen) atoms. The van der Waals surface area contributed by atoms with Gasteiger partial charge in [0, 0.05) is 37.0 Å². The zero-order valence-corrected chi connectivity index (χ0v) is 16.1. The molecular weight excluding hydrogens is 374 g/mol. The first-order chi connectivity index (χ1) is 13.9. The van der Waals surface area contributed by atoms with Crippen molar-refractivity contribution in [1.29, 1.82) is 0 Å². The minimum atomic E-state index is -0.515. The second-order valence-electron chi connectivity index (χ2n) is 6.70. The topological polar surface area (TPSA) is 105 Å². The summed E-state index contributed by atoms with van der Waals surface area (Å²) in [6, 6.07) is 13.3. The van der Waals surface area contributed by atoms with E-state index in [1.54, 1.807) is 48.5 Å². The molecule has 3 amide bonds. The highest BCUT2D eigenvalue weighted by Gasteiger charge is 2.35. The molecule has 0 aromatic heterocycles. The van der Waals surface area contributed by atoms with Crippen molar-refractivity contribution in [2.24, 2.45) is 5.92 Å². The fourth-order valence-corrected chi connectivity index (χ4v) is 3.14. The van der Waals surface area contributed by atoms with Crippen molar-refractivity contribution >= 4 is 40.8 Å². The van der Waals surface area contributed by atoms with Crippen LogP contribution in [0.15, 0.2) is 48.5 Å². The van der Waals surface area contributed by atoms with E-state index in [1.165, 1.54) is 18.9 Å². The van der Waals surface area contributed by atoms with E-state index < -0.39 is 11.9 Å². The van der Waals surface area contributed by atoms with Crippen LogP contribution in [0.1, 0.15) is 23.7 Å². The molecule has 1 aliphatic heterocycles. The molecule has 150 valence electrons. The molecule has 8 nitrogen and oxygen atoms in total. The van der Waals surface area contributed by atoms with E-state index in [9.17, 15) is 19.2 Å². The van der Waals surface area contributed by atoms with Gasteiger partial charge in [0.15, 0.2) is 0 Å². The van der Waals surface area contributed by atoms with E-state index in [-0.39, 0.29) is 30.7 Å². The standard InChI is InChI=1S/C21H21N3O5/c1-13(25)22-16-6-8-17(9-7-16)23-20(27)15-11-19(26)24(12-15)18-5-3-4-14(10-18)21(28)29-2/h3-10,15H,11-12H2,1-2H3,(H,22,25)(H,23,27). The summed E-state index contributed by atoms with van der Waals surface area (Å²) in [6.45, 7) is 1.64. The van der Waals surface area contributed by atoms with Gasteiger partial charge in [-0.3, -0.25) is 14.4 Å². The number of amides is 3. The molecule has 0 bridgehead atoms. The number of hydrogen-bond acceptors (Lipinski definition) is 5. The van der Waals surface area contributed by atoms with Gasteiger partial charge >= 0.3 is 5.97 Å². The maximum Gasteiger partial charge on any atom is 0.337 e. The molecule has 3 rings (SSSR count). The lowest BCUT2D eigenvalue weighted by molar-refractivity contribution is -0.122. The van der Waals surface area contributed by atoms with Crippen molar-refractivity contribution in [2.45, 2.75) is 13.3 Å². The molecule has 2 aromatic rings. The van der Waals surface area contributed by atoms with Crippen LogP contribution in [0.25, 0.3) is 0 Å². The monoisotopic (exact) mass is 395 g/mol. The van der Waals surface area contributed by atoms with E-state index in [1.807, 2.05) is 0 Å². The van der Waals surface area contributed by atoms with Gasteiger partial charge in [0.05, 0.1) is 18.6 Å². The van der Waals surface area contributed by atoms with E-state index >= 15 is 0 Å². The third kappa shape index (κ3) is 4.78. The normalized spacial score (nSPS) is 15.7. The number of anilines is 3. The molecule has 0 spiro atoms. The number of nitrogens with zero attached hydrogens (tertiary/aromatic N) is 1. The zero-order chi connectivity index (χ0) is 21.0. The summed E-state index contributed by atoms with van der Waals surface area (Å²) >= 11 is 0. The molecule has 2 N–H and O–H groups in total. The van der Waals surface area contributed by atoms with Crippen molar-refractivity contribution in [1.82, 2.24) is 0 Å². The molecule has 0 saturated carbocycles. The molecule has 8 heteroatoms. The predicted octanol–water partition coefficient (Wildman–Crippen LogP) is 2.42. The van der Waals surface area contributed by atoms with Crippen molar-refractivity contribution in [2.75, 3.05) is 29.2 Å². The van der Waals surface area contributed by atoms with Crippen LogP contribution in [0.5, 0.6) is 0 Å². The first-order valence-corrected chi connectivity index (χ1v) is 9.04. The summed E-state index contributed by atoms with van der Waals surface area (Å²) in [7, 11) is 1.29. The number of carbonyl (C=O) groups excluding carboxylic acids is 4. The lowest BCUT2D eigenvalue weighted by Crippen LogP contribution is -2.28. The Morgan fingerprint density at radius 3 is 2.31 bits per heavy atom. The minimum Gasteiger partial charge on any atom is -0.465 e. The molecule has 1 fully saturated rings. The molecule has 1 atom stereocenters. The summed E-state index contributed by atoms with van der Waals surface area (Å²) in [6.07, 6.45) is 0.0816. The van der Waals surface area contributed by atoms with Crippen molar-refractivity contribution < 1.29 is 23.9 Å². The number of rotatable bonds is 5. The number of carbonyl (C=O) groups is 4. The fraction of sp³-hybridized carbons (Fsp3) is 0.238. The van der Waals surface area contributed by atoms with Crippen molar-refractivity contribution in [3.05, 3.63) is 54.1 Å². The Bertz CT molecular complexity index is 955. The summed E-state index contributed by atoms with van der Waals surface area (Å²) < 4.78 is 4.71. The number of esters is 1. The Hall–Kier alpha value is -3.68. The van der Waals surface area contributed by atoms with E-state index in [0.717, 1.165) is 0 Å². The van der Waals surface area contributed by atoms with Gasteiger partial charge < -0.3 is 20.3 Å². The number of benzene rings is 2. The van der Waals surface area contributed by atoms with Gasteiger partial charge in [-0.05, 0) is 42.5 Å². The van der Waals surface area contributed by atoms with Crippen LogP contribution < -0.4 is 15.5 Å². The second kappa shape index (κ2) is 8.55. The third-order valence-electron chi connectivity index (χ3n) is 4.55. The molecular formula is C21H21N3O5. The van der Waals surface area contributed by atoms with Crippen LogP contribution in [-0.2, 0) is 19.1 Å². The Balaban J connectivity index is 1.66. The Kier molecular flexibility index (Phi) is 5.92. The molecule has 1 heterocycles. The first-order valence-electron chi connectivity index (χ1n) is 9.04. The minimum absolute atomic E-state index is 0.0816. The average Bonchev–Trinajstić information content (AvgIpc) is 3.10. The SMILES string of the molecule is COC(=O)c1cccc(N2CC(C(=O)Nc3ccc(NC(C)=O)cc3)CC2=O)c1. The Morgan fingerprint density at radius 1 is 1.03 bits per heavy atom. The van der Waals surface area contributed by atoms with Gasteiger partial charge in [-0.1, -0.05) is 6.07 Å². The summed E-state index contributed by atoms with van der Waals surface area (Å²) in [4.78, 5) is 49.3. The molecule has 0 aliphatic carbocycles. The van der Waals surface area contributed by atoms with E-state index in [0.29, 0.717) is 22.6 Å². The smallest absolute Gasteiger partial charge is 0.337 e. The van der Waals surface area contributed by atoms with Gasteiger partial charge in [0.2, 0.25) is 17.7 Å². The lowest BCUT2D eigenvalue weighted by atomic mass is 10.1. The zero-order valence-electron chi connectivity index (χ0n) is 16.1. The van der Waals surface area contributed by atoms with Crippen molar-refractivity contribution in [3.63, 3.8) is 0 Å². The quantitative estimate of drug-likeness (QED) is 0.757. The highest BCUT2D eigenvalue weighted by Crippen LogP contribution is 2.27. The molecule has 1 unspecified atom stereocenters. The summed E-state index contributed by atoms with van der Waals surface area (Å²) in [5, 5.41) is 5.44. The van der Waals surface area contributed by atoms with Gasteiger partial charge in [0.1, 0.15) is 0 Å². The lowest BCUT2D eigenvalue weighted by Gasteiger charge is -2.17. The molecule has 0 radical (unpaired) electrons. The largest absolute Gasteiger partial charge is 0.465 e. The van der Waals surface area contributed by atoms with Gasteiger partial charge in [0.25, 0.3) is 0 Å². The number of ether oxygens (including phenoxy) is 1. The van der Waals surface area contributed by atoms with E-state index in [4.69, 9.17) is 4.74 Å². The van der Waals surface area contributed by atoms with Crippen LogP contribution in [0, 0.1) is 5.92 Å². The van der Waals surface area contributed by atoms with Crippen LogP contribution in [0.4, 0.5) is 17.1 Å². The number of hydrogen-bond donors (Lipinski definition) is 2. The van der Waals surface area contributed by atoms with Gasteiger partial charge in [-0.2, -0.15) is 0 Å². The van der Waals surface area contributed by atoms with Crippen LogP contribution in [0.2, 0.25) is 0 Å². The number of nitrogens with one attached hydrogen (secondary N) is 2. The van der Waals surface area contributed by atoms with Gasteiger partial charge in [-0.25, -0.2) is 4.79 Å². The fourth-order valence-electron chi connectivity index (χ4n) is 3.14. The van der Waals surface area contributed by atoms with E-state index in [2.05, 4.69) is 10.6 Å². The molecule has 2 aromatic carbocycles. The summed E-state index contributed by atoms with van der Waals surface area (Å²) in [5.74, 6) is -1.64. The Labute approximate surface area is 167 Å². The number of methoxy groups -OCH3 is 1. The highest BCUT2D eigenvalue weighted by atomic mass is 16.5. The second-order valence-corrected chi connectivity index (χ2v) is 6.70. The Morgan fingerprint density at radius 2 is 1.69 bits per heavy atom. The summed E-state index contributed by atoms with van der Waals surface area (Å²) in [5.41, 5.74) is 2.09. The first kappa shape index (κ1) is 20.1. The van der Waals surface area contributed by atoms with Crippen LogP contribution in [-0.4, -0.2) is 37.3 Å². The highest BCUT2D eigenvalue weighted by molar-refractivity contribution is 6.04. The molecule has 1 aliphatic rings. The maximum atomic E-state index is 12.6. The molecule has 1 saturated heterocycles. The third-order valence-corrected chi connectivity index (χ3v) is 4.55. The average molecular weight is 395 g/mol. The predicted molar refractivity (Wildman–Crippen MR) is 108 cm³/mol. The van der Waals surface area contributed by atoms with Crippen LogP contribution in [0.3, 0.4) is 0 Å². The van der Waals surface area contributed by atoms with Crippen molar-refractivity contribution in [3.8, 4) is 0 Å². The van der Waals surface area contributed by atoms with Crippen LogP contribution >= 0.6 is 0 Å². The van der Waals surface area contributed by atoms with Gasteiger partial charge in [-0.15, -0.1) is 0 Å².